The summed E-state index contributed by atoms with van der Waals surface area (Å²) in [5, 5.41) is 11.8. The molecule has 0 bridgehead atoms. The predicted octanol–water partition coefficient (Wildman–Crippen LogP) is 3.07. The minimum absolute atomic E-state index is 0.00392. The van der Waals surface area contributed by atoms with E-state index >= 15 is 0 Å². The molecule has 4 aromatic rings. The maximum atomic E-state index is 13.5. The molecule has 37 heavy (non-hydrogen) atoms. The molecule has 1 saturated heterocycles. The van der Waals surface area contributed by atoms with Crippen molar-refractivity contribution >= 4 is 16.9 Å². The van der Waals surface area contributed by atoms with Gasteiger partial charge in [0.15, 0.2) is 0 Å². The van der Waals surface area contributed by atoms with E-state index in [0.29, 0.717) is 26.1 Å². The van der Waals surface area contributed by atoms with E-state index in [-0.39, 0.29) is 18.1 Å². The smallest absolute Gasteiger partial charge is 0.239 e. The van der Waals surface area contributed by atoms with Gasteiger partial charge in [0.2, 0.25) is 5.91 Å². The van der Waals surface area contributed by atoms with Crippen LogP contribution in [0.4, 0.5) is 0 Å². The third kappa shape index (κ3) is 6.15. The van der Waals surface area contributed by atoms with Gasteiger partial charge in [-0.1, -0.05) is 59.8 Å². The van der Waals surface area contributed by atoms with Crippen molar-refractivity contribution < 1.29 is 9.53 Å². The Morgan fingerprint density at radius 2 is 1.84 bits per heavy atom. The van der Waals surface area contributed by atoms with Gasteiger partial charge >= 0.3 is 0 Å². The third-order valence-corrected chi connectivity index (χ3v) is 6.99. The van der Waals surface area contributed by atoms with E-state index in [1.807, 2.05) is 72.6 Å². The number of rotatable bonds is 10. The van der Waals surface area contributed by atoms with E-state index in [2.05, 4.69) is 33.8 Å². The number of nitrogens with one attached hydrogen (secondary N) is 1. The van der Waals surface area contributed by atoms with Crippen molar-refractivity contribution in [3.05, 3.63) is 90.0 Å². The maximum Gasteiger partial charge on any atom is 0.239 e. The normalized spacial score (nSPS) is 18.3. The molecule has 192 valence electrons. The van der Waals surface area contributed by atoms with Crippen LogP contribution in [0.15, 0.2) is 78.9 Å². The van der Waals surface area contributed by atoms with Crippen LogP contribution in [0.3, 0.4) is 0 Å². The van der Waals surface area contributed by atoms with Crippen molar-refractivity contribution in [1.29, 1.82) is 0 Å². The zero-order valence-electron chi connectivity index (χ0n) is 21.2. The van der Waals surface area contributed by atoms with Crippen LogP contribution < -0.4 is 15.8 Å². The molecular formula is C29H34N6O2. The van der Waals surface area contributed by atoms with Crippen molar-refractivity contribution in [2.24, 2.45) is 12.8 Å². The summed E-state index contributed by atoms with van der Waals surface area (Å²) in [5.41, 5.74) is 10.6. The first-order chi connectivity index (χ1) is 18.1. The first kappa shape index (κ1) is 24.9. The van der Waals surface area contributed by atoms with Crippen LogP contribution in [0.2, 0.25) is 0 Å². The lowest BCUT2D eigenvalue weighted by Crippen LogP contribution is -2.49. The summed E-state index contributed by atoms with van der Waals surface area (Å²) in [4.78, 5) is 15.4. The number of benzene rings is 3. The van der Waals surface area contributed by atoms with E-state index in [0.717, 1.165) is 35.2 Å². The highest BCUT2D eigenvalue weighted by Gasteiger charge is 2.38. The molecule has 3 aromatic carbocycles. The summed E-state index contributed by atoms with van der Waals surface area (Å²) in [5.74, 6) is 0.807. The molecule has 1 aliphatic heterocycles. The lowest BCUT2D eigenvalue weighted by atomic mass is 10.0. The number of para-hydroxylation sites is 1. The molecule has 1 amide bonds. The fourth-order valence-corrected chi connectivity index (χ4v) is 5.00. The average Bonchev–Trinajstić information content (AvgIpc) is 3.50. The molecule has 2 heterocycles. The van der Waals surface area contributed by atoms with Gasteiger partial charge in [0.25, 0.3) is 0 Å². The summed E-state index contributed by atoms with van der Waals surface area (Å²) in [7, 11) is 1.89. The van der Waals surface area contributed by atoms with E-state index in [1.165, 1.54) is 5.56 Å². The Morgan fingerprint density at radius 1 is 1.08 bits per heavy atom. The van der Waals surface area contributed by atoms with Crippen molar-refractivity contribution in [2.45, 2.75) is 44.0 Å². The fourth-order valence-electron chi connectivity index (χ4n) is 5.00. The molecule has 8 nitrogen and oxygen atoms in total. The van der Waals surface area contributed by atoms with Crippen molar-refractivity contribution in [1.82, 2.24) is 25.2 Å². The summed E-state index contributed by atoms with van der Waals surface area (Å²) < 4.78 is 8.00. The van der Waals surface area contributed by atoms with Crippen LogP contribution in [0.5, 0.6) is 5.75 Å². The second-order valence-corrected chi connectivity index (χ2v) is 9.73. The number of amides is 1. The molecule has 0 spiro atoms. The van der Waals surface area contributed by atoms with Crippen LogP contribution in [-0.2, 0) is 24.8 Å². The van der Waals surface area contributed by atoms with Crippen molar-refractivity contribution in [2.75, 3.05) is 13.1 Å². The zero-order chi connectivity index (χ0) is 25.6. The van der Waals surface area contributed by atoms with Crippen molar-refractivity contribution in [3.63, 3.8) is 0 Å². The molecular weight excluding hydrogens is 464 g/mol. The Morgan fingerprint density at radius 3 is 2.62 bits per heavy atom. The van der Waals surface area contributed by atoms with Gasteiger partial charge in [-0.25, -0.2) is 4.68 Å². The first-order valence-corrected chi connectivity index (χ1v) is 12.9. The maximum absolute atomic E-state index is 13.5. The molecule has 0 saturated carbocycles. The molecule has 8 heteroatoms. The van der Waals surface area contributed by atoms with Gasteiger partial charge in [0.1, 0.15) is 17.4 Å². The number of aromatic nitrogens is 3. The van der Waals surface area contributed by atoms with Gasteiger partial charge in [-0.2, -0.15) is 0 Å². The second-order valence-electron chi connectivity index (χ2n) is 9.73. The predicted molar refractivity (Wildman–Crippen MR) is 144 cm³/mol. The Bertz CT molecular complexity index is 1310. The van der Waals surface area contributed by atoms with Gasteiger partial charge < -0.3 is 20.7 Å². The number of nitrogens with two attached hydrogens (primary N) is 1. The number of aryl methyl sites for hydroxylation is 2. The number of likely N-dealkylation sites (tertiary alicyclic amines) is 1. The lowest BCUT2D eigenvalue weighted by Gasteiger charge is -2.27. The molecule has 1 aliphatic rings. The molecule has 3 N–H and O–H groups in total. The average molecular weight is 499 g/mol. The number of carbonyl (C=O) groups excluding carboxylic acids is 1. The van der Waals surface area contributed by atoms with E-state index < -0.39 is 6.04 Å². The summed E-state index contributed by atoms with van der Waals surface area (Å²) in [6.07, 6.45) is 2.07. The van der Waals surface area contributed by atoms with Crippen molar-refractivity contribution in [3.8, 4) is 5.75 Å². The fraction of sp³-hybridized carbons (Fsp3) is 0.345. The van der Waals surface area contributed by atoms with E-state index in [9.17, 15) is 4.79 Å². The van der Waals surface area contributed by atoms with Gasteiger partial charge in [-0.05, 0) is 48.2 Å². The van der Waals surface area contributed by atoms with Gasteiger partial charge in [0.05, 0.1) is 18.1 Å². The second kappa shape index (κ2) is 11.5. The summed E-state index contributed by atoms with van der Waals surface area (Å²) in [6, 6.07) is 25.6. The summed E-state index contributed by atoms with van der Waals surface area (Å²) >= 11 is 0. The van der Waals surface area contributed by atoms with Gasteiger partial charge in [-0.3, -0.25) is 4.79 Å². The number of carbonyl (C=O) groups is 1. The molecule has 3 unspecified atom stereocenters. The molecule has 3 atom stereocenters. The summed E-state index contributed by atoms with van der Waals surface area (Å²) in [6.45, 7) is 1.87. The third-order valence-electron chi connectivity index (χ3n) is 6.99. The molecule has 0 radical (unpaired) electrons. The topological polar surface area (TPSA) is 98.3 Å². The highest BCUT2D eigenvalue weighted by molar-refractivity contribution is 5.82. The number of hydrogen-bond acceptors (Lipinski definition) is 6. The van der Waals surface area contributed by atoms with E-state index in [1.54, 1.807) is 4.68 Å². The van der Waals surface area contributed by atoms with Crippen LogP contribution >= 0.6 is 0 Å². The lowest BCUT2D eigenvalue weighted by molar-refractivity contribution is -0.133. The molecule has 1 fully saturated rings. The molecule has 1 aromatic heterocycles. The number of nitrogens with zero attached hydrogens (tertiary/aromatic N) is 4. The Hall–Kier alpha value is -3.75. The minimum Gasteiger partial charge on any atom is -0.489 e. The van der Waals surface area contributed by atoms with Crippen LogP contribution in [0.25, 0.3) is 11.0 Å². The highest BCUT2D eigenvalue weighted by Crippen LogP contribution is 2.24. The SMILES string of the molecule is Cn1nnc2cc(CNCC3CC(Oc4ccccc4)CN3C(=O)C(N)CCc3ccccc3)ccc21. The highest BCUT2D eigenvalue weighted by atomic mass is 16.5. The molecule has 5 rings (SSSR count). The van der Waals surface area contributed by atoms with Crippen LogP contribution in [-0.4, -0.2) is 57.1 Å². The monoisotopic (exact) mass is 498 g/mol. The number of ether oxygens (including phenoxy) is 1. The van der Waals surface area contributed by atoms with Crippen LogP contribution in [0, 0.1) is 0 Å². The number of fused-ring (bicyclic) bond motifs is 1. The largest absolute Gasteiger partial charge is 0.489 e. The quantitative estimate of drug-likeness (QED) is 0.349. The van der Waals surface area contributed by atoms with Gasteiger partial charge in [0, 0.05) is 32.6 Å². The molecule has 0 aliphatic carbocycles. The Labute approximate surface area is 217 Å². The number of hydrogen-bond donors (Lipinski definition) is 2. The first-order valence-electron chi connectivity index (χ1n) is 12.9. The zero-order valence-corrected chi connectivity index (χ0v) is 21.2. The van der Waals surface area contributed by atoms with Crippen LogP contribution in [0.1, 0.15) is 24.0 Å². The Balaban J connectivity index is 1.22. The Kier molecular flexibility index (Phi) is 7.77. The standard InChI is InChI=1S/C29H34N6O2/c1-34-28-15-13-22(16-27(28)32-33-34)18-31-19-23-17-25(37-24-10-6-3-7-11-24)20-35(23)29(36)26(30)14-12-21-8-4-2-5-9-21/h2-11,13,15-16,23,25-26,31H,12,14,17-20,30H2,1H3. The van der Waals surface area contributed by atoms with E-state index in [4.69, 9.17) is 10.5 Å². The van der Waals surface area contributed by atoms with Gasteiger partial charge in [-0.15, -0.1) is 5.10 Å². The minimum atomic E-state index is -0.544.